The molecule has 110 valence electrons. The molecule has 2 fully saturated rings. The third kappa shape index (κ3) is 2.99. The number of rotatable bonds is 3. The smallest absolute Gasteiger partial charge is 0.119 e. The molecule has 1 aliphatic carbocycles. The van der Waals surface area contributed by atoms with E-state index in [0.717, 1.165) is 18.9 Å². The molecule has 1 saturated carbocycles. The maximum Gasteiger partial charge on any atom is 0.119 e. The highest BCUT2D eigenvalue weighted by Gasteiger charge is 2.36. The maximum absolute atomic E-state index is 6.15. The summed E-state index contributed by atoms with van der Waals surface area (Å²) in [6.45, 7) is 4.49. The van der Waals surface area contributed by atoms with E-state index in [4.69, 9.17) is 9.47 Å². The lowest BCUT2D eigenvalue weighted by Gasteiger charge is -2.43. The standard InChI is InChI=1S/C17H25NO2/c1-2-19-15-8-6-14(7-9-15)16-12-18-17(13-20-16)10-4-3-5-11-17/h6-9,16,18H,2-5,10-13H2,1H3. The van der Waals surface area contributed by atoms with Crippen molar-refractivity contribution in [2.24, 2.45) is 0 Å². The molecule has 0 amide bonds. The summed E-state index contributed by atoms with van der Waals surface area (Å²) in [5, 5.41) is 3.77. The highest BCUT2D eigenvalue weighted by Crippen LogP contribution is 2.34. The normalized spacial score (nSPS) is 25.6. The Labute approximate surface area is 121 Å². The Kier molecular flexibility index (Phi) is 4.27. The first-order chi connectivity index (χ1) is 9.81. The van der Waals surface area contributed by atoms with Crippen molar-refractivity contribution in [3.63, 3.8) is 0 Å². The van der Waals surface area contributed by atoms with Crippen LogP contribution in [-0.4, -0.2) is 25.3 Å². The van der Waals surface area contributed by atoms with Crippen molar-refractivity contribution in [1.29, 1.82) is 0 Å². The van der Waals surface area contributed by atoms with Crippen LogP contribution in [0.25, 0.3) is 0 Å². The van der Waals surface area contributed by atoms with Crippen LogP contribution in [0.4, 0.5) is 0 Å². The maximum atomic E-state index is 6.15. The van der Waals surface area contributed by atoms with E-state index >= 15 is 0 Å². The number of ether oxygens (including phenoxy) is 2. The molecule has 1 aromatic carbocycles. The van der Waals surface area contributed by atoms with E-state index in [1.165, 1.54) is 37.7 Å². The van der Waals surface area contributed by atoms with Gasteiger partial charge < -0.3 is 14.8 Å². The summed E-state index contributed by atoms with van der Waals surface area (Å²) < 4.78 is 11.6. The first-order valence-electron chi connectivity index (χ1n) is 7.91. The molecular formula is C17H25NO2. The molecular weight excluding hydrogens is 250 g/mol. The minimum Gasteiger partial charge on any atom is -0.494 e. The van der Waals surface area contributed by atoms with E-state index < -0.39 is 0 Å². The number of benzene rings is 1. The quantitative estimate of drug-likeness (QED) is 0.916. The van der Waals surface area contributed by atoms with Gasteiger partial charge in [-0.3, -0.25) is 0 Å². The summed E-state index contributed by atoms with van der Waals surface area (Å²) in [5.74, 6) is 0.934. The fourth-order valence-corrected chi connectivity index (χ4v) is 3.39. The Hall–Kier alpha value is -1.06. The zero-order valence-electron chi connectivity index (χ0n) is 12.4. The predicted octanol–water partition coefficient (Wildman–Crippen LogP) is 3.45. The van der Waals surface area contributed by atoms with Crippen LogP contribution in [-0.2, 0) is 4.74 Å². The lowest BCUT2D eigenvalue weighted by molar-refractivity contribution is -0.0466. The molecule has 0 radical (unpaired) electrons. The summed E-state index contributed by atoms with van der Waals surface area (Å²) >= 11 is 0. The second kappa shape index (κ2) is 6.15. The molecule has 1 atom stereocenters. The zero-order valence-corrected chi connectivity index (χ0v) is 12.4. The van der Waals surface area contributed by atoms with Crippen LogP contribution in [0.5, 0.6) is 5.75 Å². The highest BCUT2D eigenvalue weighted by molar-refractivity contribution is 5.29. The second-order valence-electron chi connectivity index (χ2n) is 6.02. The minimum atomic E-state index is 0.179. The summed E-state index contributed by atoms with van der Waals surface area (Å²) in [6.07, 6.45) is 6.77. The van der Waals surface area contributed by atoms with Crippen LogP contribution in [0.15, 0.2) is 24.3 Å². The average molecular weight is 275 g/mol. The Bertz CT molecular complexity index is 413. The SMILES string of the molecule is CCOc1ccc(C2CNC3(CCCCC3)CO2)cc1. The van der Waals surface area contributed by atoms with Gasteiger partial charge in [0.15, 0.2) is 0 Å². The zero-order chi connectivity index (χ0) is 13.8. The van der Waals surface area contributed by atoms with Gasteiger partial charge in [0.2, 0.25) is 0 Å². The molecule has 3 rings (SSSR count). The van der Waals surface area contributed by atoms with Gasteiger partial charge in [-0.2, -0.15) is 0 Å². The molecule has 1 unspecified atom stereocenters. The highest BCUT2D eigenvalue weighted by atomic mass is 16.5. The van der Waals surface area contributed by atoms with Crippen molar-refractivity contribution < 1.29 is 9.47 Å². The molecule has 1 aromatic rings. The monoisotopic (exact) mass is 275 g/mol. The fraction of sp³-hybridized carbons (Fsp3) is 0.647. The van der Waals surface area contributed by atoms with Gasteiger partial charge in [-0.1, -0.05) is 31.4 Å². The van der Waals surface area contributed by atoms with Gasteiger partial charge in [-0.05, 0) is 37.5 Å². The van der Waals surface area contributed by atoms with Crippen LogP contribution in [0.3, 0.4) is 0 Å². The number of morpholine rings is 1. The lowest BCUT2D eigenvalue weighted by atomic mass is 9.81. The van der Waals surface area contributed by atoms with E-state index in [1.807, 2.05) is 19.1 Å². The van der Waals surface area contributed by atoms with Gasteiger partial charge in [0.25, 0.3) is 0 Å². The lowest BCUT2D eigenvalue weighted by Crippen LogP contribution is -2.55. The first kappa shape index (κ1) is 13.9. The van der Waals surface area contributed by atoms with E-state index in [0.29, 0.717) is 6.61 Å². The summed E-state index contributed by atoms with van der Waals surface area (Å²) in [5.41, 5.74) is 1.51. The minimum absolute atomic E-state index is 0.179. The van der Waals surface area contributed by atoms with Crippen molar-refractivity contribution in [2.45, 2.75) is 50.7 Å². The van der Waals surface area contributed by atoms with Crippen LogP contribution in [0, 0.1) is 0 Å². The summed E-state index contributed by atoms with van der Waals surface area (Å²) in [7, 11) is 0. The van der Waals surface area contributed by atoms with E-state index in [-0.39, 0.29) is 11.6 Å². The molecule has 3 nitrogen and oxygen atoms in total. The van der Waals surface area contributed by atoms with Crippen molar-refractivity contribution in [3.05, 3.63) is 29.8 Å². The topological polar surface area (TPSA) is 30.5 Å². The van der Waals surface area contributed by atoms with Crippen molar-refractivity contribution in [2.75, 3.05) is 19.8 Å². The summed E-state index contributed by atoms with van der Waals surface area (Å²) in [6, 6.07) is 8.31. The third-order valence-electron chi connectivity index (χ3n) is 4.60. The van der Waals surface area contributed by atoms with Crippen molar-refractivity contribution in [1.82, 2.24) is 5.32 Å². The fourth-order valence-electron chi connectivity index (χ4n) is 3.39. The summed E-state index contributed by atoms with van der Waals surface area (Å²) in [4.78, 5) is 0. The number of hydrogen-bond donors (Lipinski definition) is 1. The predicted molar refractivity (Wildman–Crippen MR) is 80.1 cm³/mol. The molecule has 1 N–H and O–H groups in total. The Morgan fingerprint density at radius 3 is 2.55 bits per heavy atom. The molecule has 20 heavy (non-hydrogen) atoms. The molecule has 3 heteroatoms. The van der Waals surface area contributed by atoms with Gasteiger partial charge in [-0.25, -0.2) is 0 Å². The Morgan fingerprint density at radius 2 is 1.95 bits per heavy atom. The van der Waals surface area contributed by atoms with E-state index in [9.17, 15) is 0 Å². The van der Waals surface area contributed by atoms with E-state index in [1.54, 1.807) is 0 Å². The average Bonchev–Trinajstić information content (AvgIpc) is 2.50. The molecule has 1 heterocycles. The van der Waals surface area contributed by atoms with Gasteiger partial charge in [0.05, 0.1) is 19.3 Å². The largest absolute Gasteiger partial charge is 0.494 e. The molecule has 1 saturated heterocycles. The van der Waals surface area contributed by atoms with Crippen LogP contribution < -0.4 is 10.1 Å². The molecule has 1 spiro atoms. The molecule has 0 bridgehead atoms. The Morgan fingerprint density at radius 1 is 1.20 bits per heavy atom. The van der Waals surface area contributed by atoms with Crippen molar-refractivity contribution in [3.8, 4) is 5.75 Å². The van der Waals surface area contributed by atoms with Gasteiger partial charge in [0, 0.05) is 12.1 Å². The molecule has 1 aliphatic heterocycles. The molecule has 2 aliphatic rings. The number of nitrogens with one attached hydrogen (secondary N) is 1. The third-order valence-corrected chi connectivity index (χ3v) is 4.60. The van der Waals surface area contributed by atoms with Crippen LogP contribution in [0.2, 0.25) is 0 Å². The first-order valence-corrected chi connectivity index (χ1v) is 7.91. The second-order valence-corrected chi connectivity index (χ2v) is 6.02. The van der Waals surface area contributed by atoms with Gasteiger partial charge in [0.1, 0.15) is 5.75 Å². The number of hydrogen-bond acceptors (Lipinski definition) is 3. The Balaban J connectivity index is 1.59. The van der Waals surface area contributed by atoms with Gasteiger partial charge in [-0.15, -0.1) is 0 Å². The van der Waals surface area contributed by atoms with Gasteiger partial charge >= 0.3 is 0 Å². The van der Waals surface area contributed by atoms with E-state index in [2.05, 4.69) is 17.4 Å². The van der Waals surface area contributed by atoms with Crippen molar-refractivity contribution >= 4 is 0 Å². The molecule has 0 aromatic heterocycles. The van der Waals surface area contributed by atoms with Crippen LogP contribution >= 0.6 is 0 Å². The van der Waals surface area contributed by atoms with Crippen LogP contribution in [0.1, 0.15) is 50.7 Å².